The normalized spacial score (nSPS) is 25.8. The Labute approximate surface area is 244 Å². The van der Waals surface area contributed by atoms with E-state index >= 15 is 0 Å². The molecule has 8 heteroatoms. The summed E-state index contributed by atoms with van der Waals surface area (Å²) in [7, 11) is 0. The van der Waals surface area contributed by atoms with Crippen LogP contribution in [0.1, 0.15) is 107 Å². The monoisotopic (exact) mass is 569 g/mol. The van der Waals surface area contributed by atoms with Crippen LogP contribution in [-0.2, 0) is 9.59 Å². The molecule has 1 aliphatic carbocycles. The molecule has 4 rings (SSSR count). The average Bonchev–Trinajstić information content (AvgIpc) is 3.54. The van der Waals surface area contributed by atoms with E-state index in [9.17, 15) is 19.5 Å². The molecule has 7 nitrogen and oxygen atoms in total. The summed E-state index contributed by atoms with van der Waals surface area (Å²) in [5.41, 5.74) is 0.451. The second-order valence-electron chi connectivity index (χ2n) is 13.6. The zero-order valence-corrected chi connectivity index (χ0v) is 25.8. The number of nitrogens with one attached hydrogen (secondary N) is 1. The van der Waals surface area contributed by atoms with Gasteiger partial charge >= 0.3 is 5.97 Å². The molecule has 2 saturated heterocycles. The van der Waals surface area contributed by atoms with E-state index in [1.165, 1.54) is 0 Å². The molecule has 3 heterocycles. The van der Waals surface area contributed by atoms with Crippen molar-refractivity contribution in [2.24, 2.45) is 22.7 Å². The molecule has 2 aliphatic heterocycles. The molecule has 3 fully saturated rings. The number of carbonyl (C=O) groups is 3. The standard InChI is InChI=1S/C32H47N3O4S/c1-22-6-8-23(9-7-22)29(37)35(26-20-25(10-14-31(2,3)4)40-28(26)30(38)39)24-12-18-34(19-13-24)27(36)11-15-32(5)16-17-33-21-32/h20,22-24,33H,6-9,11-13,15-19,21H2,1-5H3,(H,38,39). The van der Waals surface area contributed by atoms with E-state index < -0.39 is 5.97 Å². The maximum atomic E-state index is 14.1. The second kappa shape index (κ2) is 12.7. The first-order chi connectivity index (χ1) is 18.8. The van der Waals surface area contributed by atoms with Crippen molar-refractivity contribution < 1.29 is 19.5 Å². The maximum absolute atomic E-state index is 14.1. The molecule has 2 amide bonds. The van der Waals surface area contributed by atoms with Crippen molar-refractivity contribution in [1.29, 1.82) is 0 Å². The van der Waals surface area contributed by atoms with Gasteiger partial charge in [-0.1, -0.05) is 25.7 Å². The third kappa shape index (κ3) is 7.67. The highest BCUT2D eigenvalue weighted by Crippen LogP contribution is 2.38. The molecule has 0 radical (unpaired) electrons. The number of rotatable bonds is 7. The van der Waals surface area contributed by atoms with E-state index in [2.05, 4.69) is 31.0 Å². The highest BCUT2D eigenvalue weighted by atomic mass is 32.1. The number of hydrogen-bond acceptors (Lipinski definition) is 5. The Kier molecular flexibility index (Phi) is 9.67. The van der Waals surface area contributed by atoms with E-state index in [0.717, 1.165) is 63.0 Å². The number of aromatic carboxylic acids is 1. The van der Waals surface area contributed by atoms with E-state index in [4.69, 9.17) is 0 Å². The average molecular weight is 570 g/mol. The van der Waals surface area contributed by atoms with Crippen molar-refractivity contribution in [1.82, 2.24) is 10.2 Å². The number of nitrogens with zero attached hydrogens (tertiary/aromatic N) is 2. The van der Waals surface area contributed by atoms with Crippen LogP contribution in [-0.4, -0.2) is 60.0 Å². The lowest BCUT2D eigenvalue weighted by Crippen LogP contribution is -2.51. The number of carboxylic acids is 1. The molecule has 1 saturated carbocycles. The lowest BCUT2D eigenvalue weighted by Gasteiger charge is -2.40. The smallest absolute Gasteiger partial charge is 0.348 e. The van der Waals surface area contributed by atoms with Gasteiger partial charge in [0, 0.05) is 43.4 Å². The van der Waals surface area contributed by atoms with Gasteiger partial charge in [-0.05, 0) is 96.1 Å². The van der Waals surface area contributed by atoms with E-state index in [1.807, 2.05) is 31.7 Å². The van der Waals surface area contributed by atoms with Crippen LogP contribution in [0.2, 0.25) is 0 Å². The molecular weight excluding hydrogens is 522 g/mol. The molecule has 1 aromatic rings. The van der Waals surface area contributed by atoms with E-state index in [1.54, 1.807) is 4.90 Å². The summed E-state index contributed by atoms with van der Waals surface area (Å²) in [5.74, 6) is 6.07. The minimum Gasteiger partial charge on any atom is -0.477 e. The first-order valence-electron chi connectivity index (χ1n) is 15.1. The minimum atomic E-state index is -1.03. The lowest BCUT2D eigenvalue weighted by atomic mass is 9.82. The largest absolute Gasteiger partial charge is 0.477 e. The lowest BCUT2D eigenvalue weighted by molar-refractivity contribution is -0.132. The number of thiophene rings is 1. The fraction of sp³-hybridized carbons (Fsp3) is 0.719. The zero-order valence-electron chi connectivity index (χ0n) is 25.0. The summed E-state index contributed by atoms with van der Waals surface area (Å²) in [6.45, 7) is 13.7. The summed E-state index contributed by atoms with van der Waals surface area (Å²) in [6.07, 6.45) is 7.55. The van der Waals surface area contributed by atoms with E-state index in [0.29, 0.717) is 48.8 Å². The number of amides is 2. The number of carboxylic acid groups (broad SMARTS) is 1. The second-order valence-corrected chi connectivity index (χ2v) is 14.7. The molecular formula is C32H47N3O4S. The third-order valence-electron chi connectivity index (χ3n) is 8.91. The Hall–Kier alpha value is -2.37. The molecule has 2 N–H and O–H groups in total. The van der Waals surface area contributed by atoms with Crippen LogP contribution in [0.3, 0.4) is 0 Å². The zero-order chi connectivity index (χ0) is 29.1. The molecule has 3 aliphatic rings. The molecule has 1 atom stereocenters. The number of hydrogen-bond donors (Lipinski definition) is 2. The molecule has 0 bridgehead atoms. The van der Waals surface area contributed by atoms with Gasteiger partial charge in [-0.2, -0.15) is 0 Å². The van der Waals surface area contributed by atoms with Crippen molar-refractivity contribution in [3.63, 3.8) is 0 Å². The van der Waals surface area contributed by atoms with Gasteiger partial charge in [-0.15, -0.1) is 11.3 Å². The van der Waals surface area contributed by atoms with Crippen LogP contribution >= 0.6 is 11.3 Å². The molecule has 1 aromatic heterocycles. The fourth-order valence-corrected chi connectivity index (χ4v) is 7.09. The van der Waals surface area contributed by atoms with Gasteiger partial charge < -0.3 is 20.2 Å². The minimum absolute atomic E-state index is 0.0361. The SMILES string of the molecule is CC1CCC(C(=O)N(c2cc(C#CC(C)(C)C)sc2C(=O)O)C2CCN(C(=O)CCC3(C)CCNC3)CC2)CC1. The molecule has 220 valence electrons. The topological polar surface area (TPSA) is 90.0 Å². The van der Waals surface area contributed by atoms with Crippen molar-refractivity contribution in [3.8, 4) is 11.8 Å². The number of likely N-dealkylation sites (tertiary alicyclic amines) is 1. The first kappa shape index (κ1) is 30.6. The number of carbonyl (C=O) groups excluding carboxylic acids is 2. The fourth-order valence-electron chi connectivity index (χ4n) is 6.25. The molecule has 1 unspecified atom stereocenters. The third-order valence-corrected chi connectivity index (χ3v) is 9.94. The van der Waals surface area contributed by atoms with Gasteiger partial charge in [0.15, 0.2) is 0 Å². The van der Waals surface area contributed by atoms with Crippen LogP contribution in [0.15, 0.2) is 6.07 Å². The summed E-state index contributed by atoms with van der Waals surface area (Å²) < 4.78 is 0. The van der Waals surface area contributed by atoms with Crippen LogP contribution in [0, 0.1) is 34.5 Å². The summed E-state index contributed by atoms with van der Waals surface area (Å²) in [5, 5.41) is 13.5. The molecule has 0 aromatic carbocycles. The van der Waals surface area contributed by atoms with Gasteiger partial charge in [0.1, 0.15) is 4.88 Å². The van der Waals surface area contributed by atoms with Crippen LogP contribution in [0.25, 0.3) is 0 Å². The highest BCUT2D eigenvalue weighted by Gasteiger charge is 2.38. The summed E-state index contributed by atoms with van der Waals surface area (Å²) in [6, 6.07) is 1.67. The van der Waals surface area contributed by atoms with Crippen molar-refractivity contribution in [2.75, 3.05) is 31.1 Å². The van der Waals surface area contributed by atoms with Gasteiger partial charge in [-0.25, -0.2) is 4.79 Å². The maximum Gasteiger partial charge on any atom is 0.348 e. The Bertz CT molecular complexity index is 1140. The Morgan fingerprint density at radius 2 is 1.82 bits per heavy atom. The summed E-state index contributed by atoms with van der Waals surface area (Å²) in [4.78, 5) is 44.2. The molecule has 0 spiro atoms. The number of anilines is 1. The van der Waals surface area contributed by atoms with Crippen LogP contribution < -0.4 is 10.2 Å². The predicted molar refractivity (Wildman–Crippen MR) is 161 cm³/mol. The van der Waals surface area contributed by atoms with Gasteiger partial charge in [0.25, 0.3) is 0 Å². The van der Waals surface area contributed by atoms with E-state index in [-0.39, 0.29) is 39.5 Å². The Morgan fingerprint density at radius 1 is 1.15 bits per heavy atom. The van der Waals surface area contributed by atoms with Crippen molar-refractivity contribution in [3.05, 3.63) is 15.8 Å². The van der Waals surface area contributed by atoms with Gasteiger partial charge in [-0.3, -0.25) is 9.59 Å². The Balaban J connectivity index is 1.54. The first-order valence-corrected chi connectivity index (χ1v) is 15.9. The Morgan fingerprint density at radius 3 is 2.40 bits per heavy atom. The number of piperidine rings is 1. The quantitative estimate of drug-likeness (QED) is 0.407. The van der Waals surface area contributed by atoms with Gasteiger partial charge in [0.05, 0.1) is 10.6 Å². The van der Waals surface area contributed by atoms with Crippen LogP contribution in [0.4, 0.5) is 5.69 Å². The molecule has 40 heavy (non-hydrogen) atoms. The van der Waals surface area contributed by atoms with Gasteiger partial charge in [0.2, 0.25) is 11.8 Å². The highest BCUT2D eigenvalue weighted by molar-refractivity contribution is 7.15. The van der Waals surface area contributed by atoms with Crippen LogP contribution in [0.5, 0.6) is 0 Å². The van der Waals surface area contributed by atoms with Crippen molar-refractivity contribution in [2.45, 2.75) is 98.4 Å². The predicted octanol–water partition coefficient (Wildman–Crippen LogP) is 5.77. The summed E-state index contributed by atoms with van der Waals surface area (Å²) >= 11 is 1.15. The van der Waals surface area contributed by atoms with Crippen molar-refractivity contribution >= 4 is 34.8 Å².